The summed E-state index contributed by atoms with van der Waals surface area (Å²) >= 11 is 2.26. The Morgan fingerprint density at radius 2 is 1.88 bits per heavy atom. The fraction of sp³-hybridized carbons (Fsp3) is 0.417. The van der Waals surface area contributed by atoms with Crippen molar-refractivity contribution in [3.8, 4) is 0 Å². The molecule has 0 fully saturated rings. The molecule has 1 rings (SSSR count). The Morgan fingerprint density at radius 3 is 2.31 bits per heavy atom. The molecule has 1 unspecified atom stereocenters. The minimum Gasteiger partial charge on any atom is -0.368 e. The first-order valence-corrected chi connectivity index (χ1v) is 6.24. The number of nitrogens with one attached hydrogen (secondary N) is 1. The van der Waals surface area contributed by atoms with Gasteiger partial charge in [-0.3, -0.25) is 10.1 Å². The first-order valence-electron chi connectivity index (χ1n) is 5.16. The minimum absolute atomic E-state index is 0.0968. The van der Waals surface area contributed by atoms with Crippen LogP contribution in [0.3, 0.4) is 0 Å². The van der Waals surface area contributed by atoms with Gasteiger partial charge in [0.15, 0.2) is 0 Å². The van der Waals surface area contributed by atoms with E-state index in [4.69, 9.17) is 5.73 Å². The van der Waals surface area contributed by atoms with E-state index in [9.17, 15) is 4.79 Å². The van der Waals surface area contributed by atoms with Crippen molar-refractivity contribution in [3.05, 3.63) is 33.4 Å². The molecule has 1 atom stereocenters. The number of halogens is 1. The summed E-state index contributed by atoms with van der Waals surface area (Å²) in [4.78, 5) is 11.2. The molecule has 0 aliphatic heterocycles. The highest BCUT2D eigenvalue weighted by molar-refractivity contribution is 14.1. The highest BCUT2D eigenvalue weighted by Crippen LogP contribution is 2.17. The van der Waals surface area contributed by atoms with Gasteiger partial charge in [0.2, 0.25) is 5.91 Å². The van der Waals surface area contributed by atoms with Crippen molar-refractivity contribution in [1.29, 1.82) is 0 Å². The van der Waals surface area contributed by atoms with Gasteiger partial charge in [-0.2, -0.15) is 0 Å². The Morgan fingerprint density at radius 1 is 1.38 bits per heavy atom. The third kappa shape index (κ3) is 3.45. The first-order chi connectivity index (χ1) is 7.33. The van der Waals surface area contributed by atoms with Crippen molar-refractivity contribution < 1.29 is 4.79 Å². The topological polar surface area (TPSA) is 55.1 Å². The third-order valence-corrected chi connectivity index (χ3v) is 3.28. The van der Waals surface area contributed by atoms with Gasteiger partial charge < -0.3 is 5.73 Å². The molecule has 3 N–H and O–H groups in total. The predicted molar refractivity (Wildman–Crippen MR) is 74.0 cm³/mol. The lowest BCUT2D eigenvalue weighted by Crippen LogP contribution is -2.51. The number of carbonyl (C=O) groups is 1. The quantitative estimate of drug-likeness (QED) is 0.831. The maximum Gasteiger partial charge on any atom is 0.237 e. The smallest absolute Gasteiger partial charge is 0.237 e. The molecular formula is C12H17IN2O. The molecule has 3 nitrogen and oxygen atoms in total. The van der Waals surface area contributed by atoms with Gasteiger partial charge in [-0.05, 0) is 61.1 Å². The summed E-state index contributed by atoms with van der Waals surface area (Å²) in [7, 11) is 0. The normalized spacial score (nSPS) is 13.5. The van der Waals surface area contributed by atoms with Crippen molar-refractivity contribution in [2.24, 2.45) is 5.73 Å². The Hall–Kier alpha value is -0.620. The van der Waals surface area contributed by atoms with Gasteiger partial charge in [0, 0.05) is 9.61 Å². The number of benzene rings is 1. The van der Waals surface area contributed by atoms with E-state index in [0.29, 0.717) is 0 Å². The van der Waals surface area contributed by atoms with E-state index in [1.807, 2.05) is 19.1 Å². The minimum atomic E-state index is -0.692. The van der Waals surface area contributed by atoms with Gasteiger partial charge in [0.05, 0.1) is 5.54 Å². The Kier molecular flexibility index (Phi) is 4.32. The van der Waals surface area contributed by atoms with E-state index in [-0.39, 0.29) is 11.9 Å². The van der Waals surface area contributed by atoms with Crippen LogP contribution in [0.2, 0.25) is 0 Å². The van der Waals surface area contributed by atoms with Crippen molar-refractivity contribution in [2.45, 2.75) is 32.4 Å². The summed E-state index contributed by atoms with van der Waals surface area (Å²) in [5.41, 5.74) is 5.77. The molecule has 0 bridgehead atoms. The van der Waals surface area contributed by atoms with Crippen molar-refractivity contribution in [1.82, 2.24) is 5.32 Å². The summed E-state index contributed by atoms with van der Waals surface area (Å²) < 4.78 is 1.20. The van der Waals surface area contributed by atoms with E-state index in [1.165, 1.54) is 3.57 Å². The zero-order chi connectivity index (χ0) is 12.3. The van der Waals surface area contributed by atoms with Crippen molar-refractivity contribution in [2.75, 3.05) is 0 Å². The average Bonchev–Trinajstić information content (AvgIpc) is 2.17. The van der Waals surface area contributed by atoms with Gasteiger partial charge in [0.1, 0.15) is 0 Å². The number of amides is 1. The van der Waals surface area contributed by atoms with Crippen LogP contribution in [-0.2, 0) is 4.79 Å². The lowest BCUT2D eigenvalue weighted by molar-refractivity contribution is -0.123. The Balaban J connectivity index is 2.76. The SMILES string of the molecule is CC(NC(C)(C)C(N)=O)c1ccc(I)cc1. The standard InChI is InChI=1S/C12H17IN2O/c1-8(15-12(2,3)11(14)16)9-4-6-10(13)7-5-9/h4-8,15H,1-3H3,(H2,14,16). The van der Waals surface area contributed by atoms with E-state index in [2.05, 4.69) is 40.0 Å². The summed E-state index contributed by atoms with van der Waals surface area (Å²) in [6.07, 6.45) is 0. The first kappa shape index (κ1) is 13.4. The average molecular weight is 332 g/mol. The van der Waals surface area contributed by atoms with Crippen LogP contribution in [0, 0.1) is 3.57 Å². The summed E-state index contributed by atoms with van der Waals surface area (Å²) in [5.74, 6) is -0.343. The molecule has 16 heavy (non-hydrogen) atoms. The summed E-state index contributed by atoms with van der Waals surface area (Å²) in [6, 6.07) is 8.29. The zero-order valence-electron chi connectivity index (χ0n) is 9.75. The number of hydrogen-bond acceptors (Lipinski definition) is 2. The Labute approximate surface area is 110 Å². The highest BCUT2D eigenvalue weighted by atomic mass is 127. The van der Waals surface area contributed by atoms with Gasteiger partial charge in [-0.25, -0.2) is 0 Å². The second-order valence-electron chi connectivity index (χ2n) is 4.41. The molecule has 0 radical (unpaired) electrons. The van der Waals surface area contributed by atoms with Crippen LogP contribution in [0.25, 0.3) is 0 Å². The van der Waals surface area contributed by atoms with Gasteiger partial charge in [0.25, 0.3) is 0 Å². The number of rotatable bonds is 4. The molecule has 1 aromatic rings. The molecule has 0 spiro atoms. The maximum absolute atomic E-state index is 11.2. The second kappa shape index (κ2) is 5.14. The van der Waals surface area contributed by atoms with Crippen LogP contribution in [0.1, 0.15) is 32.4 Å². The number of nitrogens with two attached hydrogens (primary N) is 1. The van der Waals surface area contributed by atoms with Crippen LogP contribution in [-0.4, -0.2) is 11.4 Å². The van der Waals surface area contributed by atoms with Crippen molar-refractivity contribution >= 4 is 28.5 Å². The molecule has 1 amide bonds. The molecule has 0 heterocycles. The largest absolute Gasteiger partial charge is 0.368 e. The van der Waals surface area contributed by atoms with Crippen LogP contribution < -0.4 is 11.1 Å². The number of carbonyl (C=O) groups excluding carboxylic acids is 1. The number of primary amides is 1. The fourth-order valence-corrected chi connectivity index (χ4v) is 1.81. The molecule has 0 saturated carbocycles. The van der Waals surface area contributed by atoms with Crippen LogP contribution in [0.4, 0.5) is 0 Å². The second-order valence-corrected chi connectivity index (χ2v) is 5.65. The highest BCUT2D eigenvalue weighted by Gasteiger charge is 2.26. The molecule has 0 aliphatic rings. The summed E-state index contributed by atoms with van der Waals surface area (Å²) in [5, 5.41) is 3.21. The fourth-order valence-electron chi connectivity index (χ4n) is 1.45. The van der Waals surface area contributed by atoms with Gasteiger partial charge in [-0.15, -0.1) is 0 Å². The molecular weight excluding hydrogens is 315 g/mol. The maximum atomic E-state index is 11.2. The van der Waals surface area contributed by atoms with E-state index in [1.54, 1.807) is 13.8 Å². The van der Waals surface area contributed by atoms with Crippen LogP contribution in [0.15, 0.2) is 24.3 Å². The Bertz CT molecular complexity index is 373. The van der Waals surface area contributed by atoms with Crippen LogP contribution in [0.5, 0.6) is 0 Å². The molecule has 4 heteroatoms. The third-order valence-electron chi connectivity index (χ3n) is 2.56. The van der Waals surface area contributed by atoms with Crippen LogP contribution >= 0.6 is 22.6 Å². The lowest BCUT2D eigenvalue weighted by Gasteiger charge is -2.27. The van der Waals surface area contributed by atoms with E-state index in [0.717, 1.165) is 5.56 Å². The molecule has 1 aromatic carbocycles. The lowest BCUT2D eigenvalue weighted by atomic mass is 10.0. The molecule has 0 aromatic heterocycles. The number of hydrogen-bond donors (Lipinski definition) is 2. The zero-order valence-corrected chi connectivity index (χ0v) is 11.9. The molecule has 0 aliphatic carbocycles. The van der Waals surface area contributed by atoms with Gasteiger partial charge >= 0.3 is 0 Å². The van der Waals surface area contributed by atoms with E-state index < -0.39 is 5.54 Å². The van der Waals surface area contributed by atoms with Gasteiger partial charge in [-0.1, -0.05) is 12.1 Å². The summed E-state index contributed by atoms with van der Waals surface area (Å²) in [6.45, 7) is 5.60. The monoisotopic (exact) mass is 332 g/mol. The molecule has 88 valence electrons. The van der Waals surface area contributed by atoms with Crippen molar-refractivity contribution in [3.63, 3.8) is 0 Å². The van der Waals surface area contributed by atoms with E-state index >= 15 is 0 Å². The predicted octanol–water partition coefficient (Wildman–Crippen LogP) is 2.21. The molecule has 0 saturated heterocycles.